The number of nitrogens with two attached hydrogens (primary N) is 1. The van der Waals surface area contributed by atoms with Crippen LogP contribution in [0, 0.1) is 0 Å². The van der Waals surface area contributed by atoms with Crippen molar-refractivity contribution in [3.63, 3.8) is 0 Å². The Morgan fingerprint density at radius 1 is 1.28 bits per heavy atom. The summed E-state index contributed by atoms with van der Waals surface area (Å²) in [5, 5.41) is 0. The molecule has 0 saturated heterocycles. The molecular weight excluding hydrogens is 232 g/mol. The third-order valence-electron chi connectivity index (χ3n) is 2.15. The van der Waals surface area contributed by atoms with Crippen LogP contribution >= 0.6 is 0 Å². The molecule has 102 valence electrons. The fraction of sp³-hybridized carbons (Fsp3) is 0.667. The zero-order valence-electron chi connectivity index (χ0n) is 11.5. The lowest BCUT2D eigenvalue weighted by Crippen LogP contribution is -2.16. The monoisotopic (exact) mass is 254 g/mol. The van der Waals surface area contributed by atoms with Crippen LogP contribution in [-0.2, 0) is 0 Å². The summed E-state index contributed by atoms with van der Waals surface area (Å²) in [7, 11) is 4.04. The van der Waals surface area contributed by atoms with Crippen molar-refractivity contribution in [1.29, 1.82) is 0 Å². The summed E-state index contributed by atoms with van der Waals surface area (Å²) < 4.78 is 11.0. The van der Waals surface area contributed by atoms with Gasteiger partial charge < -0.3 is 20.1 Å². The number of hydrogen-bond donors (Lipinski definition) is 1. The fourth-order valence-corrected chi connectivity index (χ4v) is 1.35. The summed E-state index contributed by atoms with van der Waals surface area (Å²) in [6.45, 7) is 5.36. The normalized spacial score (nSPS) is 11.0. The molecular formula is C12H22N4O2. The number of nitrogens with zero attached hydrogens (tertiary/aromatic N) is 3. The standard InChI is InChI=1S/C12H22N4O2/c1-9(2)18-12-10(13)11(14-8-15-12)17-7-5-6-16(3)4/h8-9H,5-7,13H2,1-4H3. The van der Waals surface area contributed by atoms with Crippen molar-refractivity contribution in [1.82, 2.24) is 14.9 Å². The summed E-state index contributed by atoms with van der Waals surface area (Å²) >= 11 is 0. The number of anilines is 1. The Morgan fingerprint density at radius 2 is 1.94 bits per heavy atom. The van der Waals surface area contributed by atoms with Crippen LogP contribution in [0.5, 0.6) is 11.8 Å². The number of nitrogen functional groups attached to an aromatic ring is 1. The van der Waals surface area contributed by atoms with E-state index >= 15 is 0 Å². The van der Waals surface area contributed by atoms with Crippen molar-refractivity contribution in [2.45, 2.75) is 26.4 Å². The molecule has 0 aliphatic rings. The summed E-state index contributed by atoms with van der Waals surface area (Å²) in [5.41, 5.74) is 6.25. The van der Waals surface area contributed by atoms with E-state index in [2.05, 4.69) is 14.9 Å². The minimum atomic E-state index is 0.0174. The first kappa shape index (κ1) is 14.5. The SMILES string of the molecule is CC(C)Oc1ncnc(OCCCN(C)C)c1N. The van der Waals surface area contributed by atoms with E-state index < -0.39 is 0 Å². The van der Waals surface area contributed by atoms with Gasteiger partial charge in [0, 0.05) is 6.54 Å². The molecule has 0 aliphatic carbocycles. The smallest absolute Gasteiger partial charge is 0.244 e. The molecule has 0 aliphatic heterocycles. The first-order valence-electron chi connectivity index (χ1n) is 6.05. The zero-order valence-corrected chi connectivity index (χ0v) is 11.5. The van der Waals surface area contributed by atoms with E-state index in [9.17, 15) is 0 Å². The van der Waals surface area contributed by atoms with Crippen molar-refractivity contribution in [3.8, 4) is 11.8 Å². The fourth-order valence-electron chi connectivity index (χ4n) is 1.35. The molecule has 1 rings (SSSR count). The highest BCUT2D eigenvalue weighted by atomic mass is 16.5. The van der Waals surface area contributed by atoms with Gasteiger partial charge in [-0.05, 0) is 34.4 Å². The first-order valence-corrected chi connectivity index (χ1v) is 6.05. The largest absolute Gasteiger partial charge is 0.476 e. The molecule has 0 bridgehead atoms. The van der Waals surface area contributed by atoms with Crippen LogP contribution in [0.25, 0.3) is 0 Å². The maximum atomic E-state index is 5.89. The minimum Gasteiger partial charge on any atom is -0.476 e. The highest BCUT2D eigenvalue weighted by molar-refractivity contribution is 5.55. The maximum Gasteiger partial charge on any atom is 0.244 e. The molecule has 0 aromatic carbocycles. The lowest BCUT2D eigenvalue weighted by molar-refractivity contribution is 0.229. The molecule has 0 spiro atoms. The van der Waals surface area contributed by atoms with E-state index in [1.807, 2.05) is 27.9 Å². The Labute approximate surface area is 108 Å². The lowest BCUT2D eigenvalue weighted by Gasteiger charge is -2.14. The van der Waals surface area contributed by atoms with Gasteiger partial charge in [-0.3, -0.25) is 0 Å². The highest BCUT2D eigenvalue weighted by Gasteiger charge is 2.11. The van der Waals surface area contributed by atoms with Gasteiger partial charge in [0.1, 0.15) is 6.33 Å². The molecule has 0 saturated carbocycles. The topological polar surface area (TPSA) is 73.5 Å². The Balaban J connectivity index is 2.55. The molecule has 0 atom stereocenters. The highest BCUT2D eigenvalue weighted by Crippen LogP contribution is 2.27. The molecule has 1 aromatic rings. The quantitative estimate of drug-likeness (QED) is 0.736. The molecule has 6 nitrogen and oxygen atoms in total. The summed E-state index contributed by atoms with van der Waals surface area (Å²) in [6, 6.07) is 0. The average Bonchev–Trinajstić information content (AvgIpc) is 2.28. The zero-order chi connectivity index (χ0) is 13.5. The molecule has 1 aromatic heterocycles. The Morgan fingerprint density at radius 3 is 2.56 bits per heavy atom. The van der Waals surface area contributed by atoms with E-state index in [0.717, 1.165) is 13.0 Å². The molecule has 18 heavy (non-hydrogen) atoms. The van der Waals surface area contributed by atoms with Gasteiger partial charge in [-0.2, -0.15) is 9.97 Å². The van der Waals surface area contributed by atoms with Crippen molar-refractivity contribution in [3.05, 3.63) is 6.33 Å². The first-order chi connectivity index (χ1) is 8.50. The Kier molecular flexibility index (Phi) is 5.64. The van der Waals surface area contributed by atoms with Gasteiger partial charge in [0.05, 0.1) is 12.7 Å². The predicted molar refractivity (Wildman–Crippen MR) is 70.9 cm³/mol. The molecule has 0 radical (unpaired) electrons. The molecule has 0 unspecified atom stereocenters. The number of hydrogen-bond acceptors (Lipinski definition) is 6. The van der Waals surface area contributed by atoms with Crippen LogP contribution in [0.1, 0.15) is 20.3 Å². The van der Waals surface area contributed by atoms with Gasteiger partial charge in [-0.1, -0.05) is 0 Å². The number of aromatic nitrogens is 2. The second kappa shape index (κ2) is 7.00. The van der Waals surface area contributed by atoms with E-state index in [0.29, 0.717) is 24.1 Å². The van der Waals surface area contributed by atoms with Gasteiger partial charge in [0.25, 0.3) is 0 Å². The Bertz CT molecular complexity index is 369. The van der Waals surface area contributed by atoms with Crippen LogP contribution in [-0.4, -0.2) is 48.2 Å². The van der Waals surface area contributed by atoms with Crippen molar-refractivity contribution < 1.29 is 9.47 Å². The van der Waals surface area contributed by atoms with Gasteiger partial charge in [0.15, 0.2) is 5.69 Å². The van der Waals surface area contributed by atoms with E-state index in [1.165, 1.54) is 6.33 Å². The van der Waals surface area contributed by atoms with E-state index in [1.54, 1.807) is 0 Å². The molecule has 0 fully saturated rings. The van der Waals surface area contributed by atoms with Crippen LogP contribution in [0.2, 0.25) is 0 Å². The van der Waals surface area contributed by atoms with Gasteiger partial charge in [-0.15, -0.1) is 0 Å². The van der Waals surface area contributed by atoms with Crippen LogP contribution in [0.3, 0.4) is 0 Å². The lowest BCUT2D eigenvalue weighted by atomic mass is 10.4. The molecule has 2 N–H and O–H groups in total. The summed E-state index contributed by atoms with van der Waals surface area (Å²) in [6.07, 6.45) is 2.33. The number of ether oxygens (including phenoxy) is 2. The van der Waals surface area contributed by atoms with Gasteiger partial charge >= 0.3 is 0 Å². The second-order valence-corrected chi connectivity index (χ2v) is 4.57. The van der Waals surface area contributed by atoms with Gasteiger partial charge in [0.2, 0.25) is 11.8 Å². The maximum absolute atomic E-state index is 5.89. The van der Waals surface area contributed by atoms with E-state index in [4.69, 9.17) is 15.2 Å². The third-order valence-corrected chi connectivity index (χ3v) is 2.15. The summed E-state index contributed by atoms with van der Waals surface area (Å²) in [4.78, 5) is 10.1. The van der Waals surface area contributed by atoms with E-state index in [-0.39, 0.29) is 6.10 Å². The Hall–Kier alpha value is -1.56. The third kappa shape index (κ3) is 4.75. The van der Waals surface area contributed by atoms with Crippen molar-refractivity contribution in [2.24, 2.45) is 0 Å². The van der Waals surface area contributed by atoms with Crippen LogP contribution in [0.4, 0.5) is 5.69 Å². The molecule has 6 heteroatoms. The second-order valence-electron chi connectivity index (χ2n) is 4.57. The molecule has 0 amide bonds. The van der Waals surface area contributed by atoms with Gasteiger partial charge in [-0.25, -0.2) is 0 Å². The van der Waals surface area contributed by atoms with Crippen molar-refractivity contribution >= 4 is 5.69 Å². The molecule has 1 heterocycles. The predicted octanol–water partition coefficient (Wildman–Crippen LogP) is 1.18. The van der Waals surface area contributed by atoms with Crippen LogP contribution in [0.15, 0.2) is 6.33 Å². The average molecular weight is 254 g/mol. The van der Waals surface area contributed by atoms with Crippen molar-refractivity contribution in [2.75, 3.05) is 33.0 Å². The summed E-state index contributed by atoms with van der Waals surface area (Å²) in [5.74, 6) is 0.766. The van der Waals surface area contributed by atoms with Crippen LogP contribution < -0.4 is 15.2 Å². The minimum absolute atomic E-state index is 0.0174. The number of rotatable bonds is 7.